The van der Waals surface area contributed by atoms with E-state index in [1.807, 2.05) is 0 Å². The van der Waals surface area contributed by atoms with E-state index < -0.39 is 16.0 Å². The first kappa shape index (κ1) is 14.5. The Hall–Kier alpha value is -1.60. The molecule has 0 spiro atoms. The molecule has 0 aliphatic heterocycles. The van der Waals surface area contributed by atoms with Gasteiger partial charge in [0, 0.05) is 5.69 Å². The molecule has 0 bridgehead atoms. The van der Waals surface area contributed by atoms with Crippen LogP contribution in [0.3, 0.4) is 0 Å². The van der Waals surface area contributed by atoms with E-state index in [1.54, 1.807) is 0 Å². The van der Waals surface area contributed by atoms with Gasteiger partial charge in [0.05, 0.1) is 25.0 Å². The third-order valence-electron chi connectivity index (χ3n) is 2.25. The SMILES string of the molecule is CCS(=O)(=O)Nc1cc(CO)cc(C(=O)OC)c1. The van der Waals surface area contributed by atoms with E-state index in [4.69, 9.17) is 5.11 Å². The van der Waals surface area contributed by atoms with Crippen LogP contribution in [0.2, 0.25) is 0 Å². The number of anilines is 1. The van der Waals surface area contributed by atoms with Gasteiger partial charge in [0.1, 0.15) is 0 Å². The summed E-state index contributed by atoms with van der Waals surface area (Å²) in [5.74, 6) is -0.675. The van der Waals surface area contributed by atoms with Crippen molar-refractivity contribution in [2.24, 2.45) is 0 Å². The Morgan fingerprint density at radius 3 is 2.56 bits per heavy atom. The highest BCUT2D eigenvalue weighted by molar-refractivity contribution is 7.92. The average Bonchev–Trinajstić information content (AvgIpc) is 2.36. The van der Waals surface area contributed by atoms with Gasteiger partial charge in [-0.1, -0.05) is 0 Å². The highest BCUT2D eigenvalue weighted by Gasteiger charge is 2.12. The molecular formula is C11H15NO5S. The number of carbonyl (C=O) groups is 1. The number of rotatable bonds is 5. The highest BCUT2D eigenvalue weighted by Crippen LogP contribution is 2.17. The van der Waals surface area contributed by atoms with Gasteiger partial charge in [-0.05, 0) is 30.7 Å². The molecule has 0 unspecified atom stereocenters. The Balaban J connectivity index is 3.16. The van der Waals surface area contributed by atoms with Crippen LogP contribution in [0.1, 0.15) is 22.8 Å². The highest BCUT2D eigenvalue weighted by atomic mass is 32.2. The van der Waals surface area contributed by atoms with Crippen molar-refractivity contribution in [3.8, 4) is 0 Å². The topological polar surface area (TPSA) is 92.7 Å². The van der Waals surface area contributed by atoms with Crippen molar-refractivity contribution >= 4 is 21.7 Å². The van der Waals surface area contributed by atoms with E-state index in [0.717, 1.165) is 0 Å². The fourth-order valence-corrected chi connectivity index (χ4v) is 1.95. The summed E-state index contributed by atoms with van der Waals surface area (Å²) in [6, 6.07) is 4.26. The molecule has 6 nitrogen and oxygen atoms in total. The number of benzene rings is 1. The second-order valence-corrected chi connectivity index (χ2v) is 5.58. The zero-order valence-electron chi connectivity index (χ0n) is 10.1. The third-order valence-corrected chi connectivity index (χ3v) is 3.56. The van der Waals surface area contributed by atoms with Crippen molar-refractivity contribution < 1.29 is 23.1 Å². The van der Waals surface area contributed by atoms with E-state index in [1.165, 1.54) is 32.2 Å². The van der Waals surface area contributed by atoms with Crippen molar-refractivity contribution in [2.45, 2.75) is 13.5 Å². The molecule has 0 saturated carbocycles. The summed E-state index contributed by atoms with van der Waals surface area (Å²) < 4.78 is 29.7. The molecule has 0 aliphatic rings. The molecule has 100 valence electrons. The van der Waals surface area contributed by atoms with Crippen LogP contribution in [0.4, 0.5) is 5.69 Å². The fourth-order valence-electron chi connectivity index (χ4n) is 1.33. The van der Waals surface area contributed by atoms with Gasteiger partial charge in [0.25, 0.3) is 0 Å². The molecule has 0 aromatic heterocycles. The van der Waals surface area contributed by atoms with Gasteiger partial charge in [-0.3, -0.25) is 4.72 Å². The van der Waals surface area contributed by atoms with E-state index in [9.17, 15) is 13.2 Å². The Morgan fingerprint density at radius 1 is 1.39 bits per heavy atom. The van der Waals surface area contributed by atoms with Gasteiger partial charge in [-0.15, -0.1) is 0 Å². The lowest BCUT2D eigenvalue weighted by Crippen LogP contribution is -2.15. The lowest BCUT2D eigenvalue weighted by molar-refractivity contribution is 0.0600. The van der Waals surface area contributed by atoms with Gasteiger partial charge in [-0.25, -0.2) is 13.2 Å². The van der Waals surface area contributed by atoms with Crippen LogP contribution in [0.15, 0.2) is 18.2 Å². The summed E-state index contributed by atoms with van der Waals surface area (Å²) in [7, 11) is -2.20. The van der Waals surface area contributed by atoms with Crippen molar-refractivity contribution in [1.29, 1.82) is 0 Å². The summed E-state index contributed by atoms with van der Waals surface area (Å²) in [6.07, 6.45) is 0. The molecule has 0 radical (unpaired) electrons. The van der Waals surface area contributed by atoms with Crippen LogP contribution in [0.5, 0.6) is 0 Å². The smallest absolute Gasteiger partial charge is 0.337 e. The fraction of sp³-hybridized carbons (Fsp3) is 0.364. The number of ether oxygens (including phenoxy) is 1. The summed E-state index contributed by atoms with van der Waals surface area (Å²) in [5.41, 5.74) is 0.827. The Kier molecular flexibility index (Phi) is 4.69. The van der Waals surface area contributed by atoms with Gasteiger partial charge in [-0.2, -0.15) is 0 Å². The van der Waals surface area contributed by atoms with Gasteiger partial charge in [0.15, 0.2) is 0 Å². The molecule has 1 aromatic rings. The first-order chi connectivity index (χ1) is 8.41. The average molecular weight is 273 g/mol. The largest absolute Gasteiger partial charge is 0.465 e. The van der Waals surface area contributed by atoms with Crippen LogP contribution in [0.25, 0.3) is 0 Å². The van der Waals surface area contributed by atoms with E-state index in [-0.39, 0.29) is 23.6 Å². The van der Waals surface area contributed by atoms with Crippen molar-refractivity contribution in [3.05, 3.63) is 29.3 Å². The molecule has 18 heavy (non-hydrogen) atoms. The number of sulfonamides is 1. The van der Waals surface area contributed by atoms with Gasteiger partial charge in [0.2, 0.25) is 10.0 Å². The molecule has 7 heteroatoms. The van der Waals surface area contributed by atoms with Crippen LogP contribution >= 0.6 is 0 Å². The summed E-state index contributed by atoms with van der Waals surface area (Å²) in [5, 5.41) is 9.07. The predicted octanol–water partition coefficient (Wildman–Crippen LogP) is 0.727. The van der Waals surface area contributed by atoms with Gasteiger partial charge >= 0.3 is 5.97 Å². The number of carbonyl (C=O) groups excluding carboxylic acids is 1. The Morgan fingerprint density at radius 2 is 2.06 bits per heavy atom. The standard InChI is InChI=1S/C11H15NO5S/c1-3-18(15,16)12-10-5-8(7-13)4-9(6-10)11(14)17-2/h4-6,12-13H,3,7H2,1-2H3. The zero-order valence-corrected chi connectivity index (χ0v) is 11.0. The zero-order chi connectivity index (χ0) is 13.8. The molecule has 0 aliphatic carbocycles. The molecule has 0 amide bonds. The summed E-state index contributed by atoms with van der Waals surface area (Å²) in [6.45, 7) is 1.20. The maximum absolute atomic E-state index is 11.4. The van der Waals surface area contributed by atoms with Gasteiger partial charge < -0.3 is 9.84 Å². The molecular weight excluding hydrogens is 258 g/mol. The number of aliphatic hydroxyl groups excluding tert-OH is 1. The second-order valence-electron chi connectivity index (χ2n) is 3.57. The molecule has 0 saturated heterocycles. The molecule has 1 aromatic carbocycles. The van der Waals surface area contributed by atoms with Crippen LogP contribution in [-0.2, 0) is 21.4 Å². The monoisotopic (exact) mass is 273 g/mol. The van der Waals surface area contributed by atoms with E-state index in [2.05, 4.69) is 9.46 Å². The summed E-state index contributed by atoms with van der Waals surface area (Å²) >= 11 is 0. The minimum Gasteiger partial charge on any atom is -0.465 e. The molecule has 2 N–H and O–H groups in total. The third kappa shape index (κ3) is 3.71. The Bertz CT molecular complexity index is 538. The number of hydrogen-bond donors (Lipinski definition) is 2. The van der Waals surface area contributed by atoms with E-state index in [0.29, 0.717) is 5.56 Å². The first-order valence-corrected chi connectivity index (χ1v) is 6.90. The van der Waals surface area contributed by atoms with Crippen LogP contribution in [0, 0.1) is 0 Å². The van der Waals surface area contributed by atoms with Crippen LogP contribution < -0.4 is 4.72 Å². The second kappa shape index (κ2) is 5.83. The maximum Gasteiger partial charge on any atom is 0.337 e. The first-order valence-electron chi connectivity index (χ1n) is 5.25. The van der Waals surface area contributed by atoms with Crippen molar-refractivity contribution in [3.63, 3.8) is 0 Å². The number of methoxy groups -OCH3 is 1. The lowest BCUT2D eigenvalue weighted by atomic mass is 10.1. The molecule has 0 heterocycles. The molecule has 0 atom stereocenters. The van der Waals surface area contributed by atoms with Crippen molar-refractivity contribution in [1.82, 2.24) is 0 Å². The maximum atomic E-state index is 11.4. The number of esters is 1. The predicted molar refractivity (Wildman–Crippen MR) is 66.8 cm³/mol. The number of aliphatic hydroxyl groups is 1. The number of nitrogens with one attached hydrogen (secondary N) is 1. The van der Waals surface area contributed by atoms with Crippen LogP contribution in [-0.4, -0.2) is 32.4 Å². The minimum absolute atomic E-state index is 0.0795. The minimum atomic E-state index is -3.43. The quantitative estimate of drug-likeness (QED) is 0.771. The molecule has 1 rings (SSSR count). The summed E-state index contributed by atoms with van der Waals surface area (Å²) in [4.78, 5) is 11.4. The van der Waals surface area contributed by atoms with Crippen molar-refractivity contribution in [2.75, 3.05) is 17.6 Å². The normalized spacial score (nSPS) is 11.1. The molecule has 0 fully saturated rings. The Labute approximate surface area is 106 Å². The number of hydrogen-bond acceptors (Lipinski definition) is 5. The van der Waals surface area contributed by atoms with E-state index >= 15 is 0 Å². The lowest BCUT2D eigenvalue weighted by Gasteiger charge is -2.09.